The van der Waals surface area contributed by atoms with Gasteiger partial charge >= 0.3 is 0 Å². The first-order valence-corrected chi connectivity index (χ1v) is 7.68. The molecule has 3 fully saturated rings. The van der Waals surface area contributed by atoms with E-state index in [1.165, 1.54) is 32.4 Å². The zero-order valence-corrected chi connectivity index (χ0v) is 11.6. The molecule has 0 saturated carbocycles. The quantitative estimate of drug-likeness (QED) is 0.727. The Bertz CT molecular complexity index is 331. The van der Waals surface area contributed by atoms with E-state index < -0.39 is 0 Å². The van der Waals surface area contributed by atoms with Crippen molar-refractivity contribution in [1.82, 2.24) is 15.1 Å². The standard InChI is InChI=1S/C14H25N3O2/c18-12-8-13(15-9-12)14(19)17-7-3-4-11(10-17)16-5-1-2-6-16/h11-13,15,18H,1-10H2/t11-,12+,13+/m1/s1. The van der Waals surface area contributed by atoms with Crippen LogP contribution in [0.15, 0.2) is 0 Å². The zero-order chi connectivity index (χ0) is 13.2. The lowest BCUT2D eigenvalue weighted by Gasteiger charge is -2.38. The molecular weight excluding hydrogens is 242 g/mol. The number of aliphatic hydroxyl groups excluding tert-OH is 1. The average Bonchev–Trinajstić information content (AvgIpc) is 3.09. The van der Waals surface area contributed by atoms with E-state index in [1.54, 1.807) is 0 Å². The fourth-order valence-corrected chi connectivity index (χ4v) is 3.69. The summed E-state index contributed by atoms with van der Waals surface area (Å²) in [7, 11) is 0. The molecule has 19 heavy (non-hydrogen) atoms. The number of β-amino-alcohol motifs (C(OH)–C–C–N with tert-alkyl or cyclic N) is 1. The molecule has 0 aromatic rings. The molecule has 0 radical (unpaired) electrons. The van der Waals surface area contributed by atoms with Crippen molar-refractivity contribution >= 4 is 5.91 Å². The second-order valence-corrected chi connectivity index (χ2v) is 6.17. The van der Waals surface area contributed by atoms with Crippen LogP contribution in [0.2, 0.25) is 0 Å². The Morgan fingerprint density at radius 2 is 1.95 bits per heavy atom. The number of hydrogen-bond acceptors (Lipinski definition) is 4. The number of hydrogen-bond donors (Lipinski definition) is 2. The molecular formula is C14H25N3O2. The summed E-state index contributed by atoms with van der Waals surface area (Å²) in [5, 5.41) is 12.7. The Balaban J connectivity index is 1.56. The van der Waals surface area contributed by atoms with E-state index in [1.807, 2.05) is 4.90 Å². The fourth-order valence-electron chi connectivity index (χ4n) is 3.69. The molecule has 0 spiro atoms. The maximum atomic E-state index is 12.4. The van der Waals surface area contributed by atoms with Crippen molar-refractivity contribution in [3.05, 3.63) is 0 Å². The summed E-state index contributed by atoms with van der Waals surface area (Å²) in [6.07, 6.45) is 5.17. The van der Waals surface area contributed by atoms with Crippen LogP contribution in [0.1, 0.15) is 32.1 Å². The minimum absolute atomic E-state index is 0.160. The molecule has 0 aliphatic carbocycles. The predicted molar refractivity (Wildman–Crippen MR) is 72.8 cm³/mol. The van der Waals surface area contributed by atoms with Gasteiger partial charge < -0.3 is 15.3 Å². The van der Waals surface area contributed by atoms with Gasteiger partial charge in [0.2, 0.25) is 5.91 Å². The Kier molecular flexibility index (Phi) is 4.05. The van der Waals surface area contributed by atoms with Gasteiger partial charge in [0, 0.05) is 25.7 Å². The summed E-state index contributed by atoms with van der Waals surface area (Å²) in [5.74, 6) is 0.195. The van der Waals surface area contributed by atoms with Crippen LogP contribution in [-0.4, -0.2) is 71.7 Å². The van der Waals surface area contributed by atoms with Crippen molar-refractivity contribution in [3.63, 3.8) is 0 Å². The van der Waals surface area contributed by atoms with E-state index in [4.69, 9.17) is 0 Å². The van der Waals surface area contributed by atoms with Crippen molar-refractivity contribution < 1.29 is 9.90 Å². The summed E-state index contributed by atoms with van der Waals surface area (Å²) in [5.41, 5.74) is 0. The largest absolute Gasteiger partial charge is 0.392 e. The fraction of sp³-hybridized carbons (Fsp3) is 0.929. The number of piperidine rings is 1. The molecule has 5 heteroatoms. The van der Waals surface area contributed by atoms with Crippen LogP contribution < -0.4 is 5.32 Å². The Labute approximate surface area is 114 Å². The van der Waals surface area contributed by atoms with Crippen LogP contribution in [0.4, 0.5) is 0 Å². The number of likely N-dealkylation sites (tertiary alicyclic amines) is 2. The van der Waals surface area contributed by atoms with Gasteiger partial charge in [-0.15, -0.1) is 0 Å². The third kappa shape index (κ3) is 2.93. The van der Waals surface area contributed by atoms with Gasteiger partial charge in [0.05, 0.1) is 12.1 Å². The van der Waals surface area contributed by atoms with Crippen LogP contribution in [0, 0.1) is 0 Å². The molecule has 3 atom stereocenters. The first kappa shape index (κ1) is 13.3. The monoisotopic (exact) mass is 267 g/mol. The van der Waals surface area contributed by atoms with E-state index >= 15 is 0 Å². The number of rotatable bonds is 2. The number of nitrogens with zero attached hydrogens (tertiary/aromatic N) is 2. The van der Waals surface area contributed by atoms with Crippen LogP contribution in [0.25, 0.3) is 0 Å². The number of amides is 1. The van der Waals surface area contributed by atoms with Crippen LogP contribution in [0.3, 0.4) is 0 Å². The Hall–Kier alpha value is -0.650. The summed E-state index contributed by atoms with van der Waals surface area (Å²) in [4.78, 5) is 17.0. The highest BCUT2D eigenvalue weighted by Crippen LogP contribution is 2.21. The smallest absolute Gasteiger partial charge is 0.239 e. The predicted octanol–water partition coefficient (Wildman–Crippen LogP) is -0.204. The molecule has 0 bridgehead atoms. The Morgan fingerprint density at radius 3 is 2.63 bits per heavy atom. The van der Waals surface area contributed by atoms with Gasteiger partial charge in [-0.05, 0) is 45.2 Å². The average molecular weight is 267 g/mol. The molecule has 1 amide bonds. The lowest BCUT2D eigenvalue weighted by Crippen LogP contribution is -2.52. The van der Waals surface area contributed by atoms with Crippen molar-refractivity contribution in [2.24, 2.45) is 0 Å². The molecule has 3 saturated heterocycles. The molecule has 3 heterocycles. The SMILES string of the molecule is O=C([C@@H]1C[C@H](O)CN1)N1CCC[C@@H](N2CCCC2)C1. The molecule has 3 aliphatic rings. The van der Waals surface area contributed by atoms with E-state index in [-0.39, 0.29) is 18.1 Å². The van der Waals surface area contributed by atoms with E-state index in [2.05, 4.69) is 10.2 Å². The van der Waals surface area contributed by atoms with Gasteiger partial charge in [-0.25, -0.2) is 0 Å². The van der Waals surface area contributed by atoms with Crippen molar-refractivity contribution in [2.75, 3.05) is 32.7 Å². The number of aliphatic hydroxyl groups is 1. The minimum atomic E-state index is -0.354. The molecule has 108 valence electrons. The number of carbonyl (C=O) groups excluding carboxylic acids is 1. The second kappa shape index (κ2) is 5.77. The Morgan fingerprint density at radius 1 is 1.16 bits per heavy atom. The van der Waals surface area contributed by atoms with Gasteiger partial charge in [0.25, 0.3) is 0 Å². The molecule has 3 rings (SSSR count). The zero-order valence-electron chi connectivity index (χ0n) is 11.6. The molecule has 0 aromatic carbocycles. The maximum Gasteiger partial charge on any atom is 0.239 e. The lowest BCUT2D eigenvalue weighted by atomic mass is 10.0. The minimum Gasteiger partial charge on any atom is -0.392 e. The van der Waals surface area contributed by atoms with Gasteiger partial charge in [0.15, 0.2) is 0 Å². The van der Waals surface area contributed by atoms with Gasteiger partial charge in [0.1, 0.15) is 0 Å². The van der Waals surface area contributed by atoms with Gasteiger partial charge in [-0.2, -0.15) is 0 Å². The highest BCUT2D eigenvalue weighted by Gasteiger charge is 2.35. The lowest BCUT2D eigenvalue weighted by molar-refractivity contribution is -0.135. The topological polar surface area (TPSA) is 55.8 Å². The summed E-state index contributed by atoms with van der Waals surface area (Å²) < 4.78 is 0. The van der Waals surface area contributed by atoms with Crippen molar-refractivity contribution in [1.29, 1.82) is 0 Å². The van der Waals surface area contributed by atoms with E-state index in [0.29, 0.717) is 19.0 Å². The summed E-state index contributed by atoms with van der Waals surface area (Å²) >= 11 is 0. The number of carbonyl (C=O) groups is 1. The van der Waals surface area contributed by atoms with Crippen molar-refractivity contribution in [3.8, 4) is 0 Å². The molecule has 0 aromatic heterocycles. The first-order chi connectivity index (χ1) is 9.24. The maximum absolute atomic E-state index is 12.4. The highest BCUT2D eigenvalue weighted by atomic mass is 16.3. The highest BCUT2D eigenvalue weighted by molar-refractivity contribution is 5.82. The van der Waals surface area contributed by atoms with Crippen LogP contribution in [-0.2, 0) is 4.79 Å². The molecule has 0 unspecified atom stereocenters. The molecule has 2 N–H and O–H groups in total. The first-order valence-electron chi connectivity index (χ1n) is 7.68. The third-order valence-corrected chi connectivity index (χ3v) is 4.77. The van der Waals surface area contributed by atoms with Gasteiger partial charge in [-0.3, -0.25) is 9.69 Å². The summed E-state index contributed by atoms with van der Waals surface area (Å²) in [6.45, 7) is 4.73. The second-order valence-electron chi connectivity index (χ2n) is 6.17. The van der Waals surface area contributed by atoms with E-state index in [9.17, 15) is 9.90 Å². The molecule has 3 aliphatic heterocycles. The molecule has 5 nitrogen and oxygen atoms in total. The summed E-state index contributed by atoms with van der Waals surface area (Å²) in [6, 6.07) is 0.402. The van der Waals surface area contributed by atoms with E-state index in [0.717, 1.165) is 19.5 Å². The van der Waals surface area contributed by atoms with Crippen LogP contribution >= 0.6 is 0 Å². The van der Waals surface area contributed by atoms with Gasteiger partial charge in [-0.1, -0.05) is 0 Å². The van der Waals surface area contributed by atoms with Crippen LogP contribution in [0.5, 0.6) is 0 Å². The number of nitrogens with one attached hydrogen (secondary N) is 1. The normalized spacial score (nSPS) is 36.9. The third-order valence-electron chi connectivity index (χ3n) is 4.77. The van der Waals surface area contributed by atoms with Crippen molar-refractivity contribution in [2.45, 2.75) is 50.3 Å².